The Morgan fingerprint density at radius 2 is 1.90 bits per heavy atom. The van der Waals surface area contributed by atoms with E-state index in [4.69, 9.17) is 4.74 Å². The van der Waals surface area contributed by atoms with Gasteiger partial charge in [-0.25, -0.2) is 4.90 Å². The van der Waals surface area contributed by atoms with Crippen molar-refractivity contribution in [1.82, 2.24) is 4.90 Å². The number of nitrogens with one attached hydrogen (secondary N) is 2. The van der Waals surface area contributed by atoms with E-state index in [-0.39, 0.29) is 0 Å². The molecule has 39 heavy (non-hydrogen) atoms. The number of nitrogens with zero attached hydrogens (tertiary/aromatic N) is 1. The number of benzene rings is 2. The molecular formula is C32H36N4OS2+2. The second-order valence-corrected chi connectivity index (χ2v) is 12.1. The van der Waals surface area contributed by atoms with Crippen LogP contribution in [0.5, 0.6) is 0 Å². The van der Waals surface area contributed by atoms with Crippen molar-refractivity contribution in [1.29, 1.82) is 0 Å². The number of allylic oxidation sites excluding steroid dienone is 6. The van der Waals surface area contributed by atoms with Crippen LogP contribution in [0.25, 0.3) is 0 Å². The molecule has 7 heteroatoms. The van der Waals surface area contributed by atoms with Crippen molar-refractivity contribution in [2.45, 2.75) is 29.1 Å². The number of fused-ring (bicyclic) bond motifs is 1. The van der Waals surface area contributed by atoms with Crippen LogP contribution in [-0.4, -0.2) is 37.0 Å². The first-order valence-electron chi connectivity index (χ1n) is 13.7. The molecular weight excluding hydrogens is 521 g/mol. The second-order valence-electron chi connectivity index (χ2n) is 9.98. The summed E-state index contributed by atoms with van der Waals surface area (Å²) in [5, 5.41) is 4.76. The zero-order chi connectivity index (χ0) is 26.4. The van der Waals surface area contributed by atoms with Crippen LogP contribution in [0.2, 0.25) is 0 Å². The molecule has 3 heterocycles. The van der Waals surface area contributed by atoms with Gasteiger partial charge in [-0.2, -0.15) is 0 Å². The highest BCUT2D eigenvalue weighted by Gasteiger charge is 2.28. The zero-order valence-electron chi connectivity index (χ0n) is 22.2. The molecule has 1 fully saturated rings. The van der Waals surface area contributed by atoms with Gasteiger partial charge in [-0.15, -0.1) is 11.8 Å². The number of morpholine rings is 1. The Morgan fingerprint density at radius 3 is 2.77 bits per heavy atom. The topological polar surface area (TPSA) is 56.6 Å². The number of hydrogen-bond donors (Lipinski definition) is 3. The van der Waals surface area contributed by atoms with E-state index in [1.54, 1.807) is 0 Å². The van der Waals surface area contributed by atoms with Crippen molar-refractivity contribution in [2.75, 3.05) is 37.4 Å². The summed E-state index contributed by atoms with van der Waals surface area (Å²) < 4.78 is 5.59. The van der Waals surface area contributed by atoms with Gasteiger partial charge in [0.05, 0.1) is 34.5 Å². The molecule has 5 N–H and O–H groups in total. The fourth-order valence-electron chi connectivity index (χ4n) is 5.39. The lowest BCUT2D eigenvalue weighted by molar-refractivity contribution is -0.741. The van der Waals surface area contributed by atoms with Gasteiger partial charge in [-0.1, -0.05) is 54.3 Å². The van der Waals surface area contributed by atoms with E-state index in [9.17, 15) is 0 Å². The smallest absolute Gasteiger partial charge is 0.146 e. The molecule has 0 radical (unpaired) electrons. The average Bonchev–Trinajstić information content (AvgIpc) is 3.63. The van der Waals surface area contributed by atoms with Crippen molar-refractivity contribution in [3.63, 3.8) is 0 Å². The van der Waals surface area contributed by atoms with Crippen molar-refractivity contribution >= 4 is 34.9 Å². The number of thioether (sulfide) groups is 2. The Morgan fingerprint density at radius 1 is 1.05 bits per heavy atom. The number of anilines is 1. The standard InChI is InChI=1S/C32H34N4OS2/c33-27-10-1-3-12-29(27)38-22-6-9-24-7-5-8-25(14-15-31-34-28-11-2-4-13-30(28)39-31)32(24)36-17-16-26(23-36)35-18-20-37-21-19-35/h1-4,6,9-17,23,34H,5,7-8,18-22,33H2/p+2/b9-6+,25-14+,31-15-. The predicted molar refractivity (Wildman–Crippen MR) is 162 cm³/mol. The van der Waals surface area contributed by atoms with E-state index in [1.165, 1.54) is 54.4 Å². The fourth-order valence-corrected chi connectivity index (χ4v) is 7.10. The molecule has 1 atom stereocenters. The highest BCUT2D eigenvalue weighted by Crippen LogP contribution is 2.40. The molecule has 2 aromatic carbocycles. The summed E-state index contributed by atoms with van der Waals surface area (Å²) in [5.41, 5.74) is 12.0. The lowest BCUT2D eigenvalue weighted by atomic mass is 9.90. The van der Waals surface area contributed by atoms with E-state index in [0.717, 1.165) is 50.6 Å². The van der Waals surface area contributed by atoms with Crippen LogP contribution in [0.15, 0.2) is 129 Å². The maximum Gasteiger partial charge on any atom is 0.146 e. The quantitative estimate of drug-likeness (QED) is 0.409. The van der Waals surface area contributed by atoms with E-state index in [2.05, 4.69) is 101 Å². The van der Waals surface area contributed by atoms with Crippen molar-refractivity contribution < 1.29 is 15.4 Å². The number of rotatable bonds is 7. The monoisotopic (exact) mass is 556 g/mol. The molecule has 200 valence electrons. The molecule has 6 rings (SSSR count). The van der Waals surface area contributed by atoms with Gasteiger partial charge in [-0.3, -0.25) is 0 Å². The summed E-state index contributed by atoms with van der Waals surface area (Å²) in [5.74, 6) is 0.936. The minimum Gasteiger partial charge on any atom is -0.378 e. The average molecular weight is 557 g/mol. The predicted octanol–water partition coefficient (Wildman–Crippen LogP) is 5.22. The van der Waals surface area contributed by atoms with Gasteiger partial charge >= 0.3 is 0 Å². The SMILES string of the molecule is [NH3+]c1ccccc1SC/C=C/C1=C([NH+]2C=CC(N3CCOCC3)=C2)C(=C/C=C2/Nc3ccccc3S2)/CCC1. The van der Waals surface area contributed by atoms with Crippen LogP contribution in [-0.2, 0) is 4.74 Å². The lowest BCUT2D eigenvalue weighted by Crippen LogP contribution is -3.00. The molecule has 0 saturated carbocycles. The Hall–Kier alpha value is -2.94. The Bertz CT molecular complexity index is 1370. The normalized spacial score (nSPS) is 23.2. The fraction of sp³-hybridized carbons (Fsp3) is 0.250. The van der Waals surface area contributed by atoms with Gasteiger partial charge in [0.1, 0.15) is 23.8 Å². The summed E-state index contributed by atoms with van der Waals surface area (Å²) in [4.78, 5) is 6.31. The molecule has 4 aliphatic rings. The second kappa shape index (κ2) is 12.5. The molecule has 0 aromatic heterocycles. The maximum absolute atomic E-state index is 5.59. The lowest BCUT2D eigenvalue weighted by Gasteiger charge is -2.28. The van der Waals surface area contributed by atoms with Gasteiger partial charge in [0.2, 0.25) is 0 Å². The van der Waals surface area contributed by atoms with Crippen LogP contribution in [0, 0.1) is 0 Å². The first kappa shape index (κ1) is 26.3. The zero-order valence-corrected chi connectivity index (χ0v) is 23.8. The highest BCUT2D eigenvalue weighted by atomic mass is 32.2. The largest absolute Gasteiger partial charge is 0.378 e. The minimum absolute atomic E-state index is 0.803. The molecule has 2 aromatic rings. The minimum atomic E-state index is 0.803. The van der Waals surface area contributed by atoms with Gasteiger partial charge < -0.3 is 20.7 Å². The van der Waals surface area contributed by atoms with Gasteiger partial charge in [0, 0.05) is 47.0 Å². The molecule has 1 saturated heterocycles. The number of ether oxygens (including phenoxy) is 1. The van der Waals surface area contributed by atoms with Gasteiger partial charge in [0.15, 0.2) is 0 Å². The van der Waals surface area contributed by atoms with E-state index >= 15 is 0 Å². The molecule has 1 unspecified atom stereocenters. The van der Waals surface area contributed by atoms with Crippen molar-refractivity contribution in [3.05, 3.63) is 119 Å². The maximum atomic E-state index is 5.59. The number of quaternary nitrogens is 2. The van der Waals surface area contributed by atoms with Gasteiger partial charge in [-0.05, 0) is 43.5 Å². The third kappa shape index (κ3) is 6.29. The summed E-state index contributed by atoms with van der Waals surface area (Å²) in [7, 11) is 0. The Balaban J connectivity index is 1.26. The van der Waals surface area contributed by atoms with Crippen LogP contribution >= 0.6 is 23.5 Å². The van der Waals surface area contributed by atoms with Crippen LogP contribution in [0.1, 0.15) is 19.3 Å². The summed E-state index contributed by atoms with van der Waals surface area (Å²) in [6.45, 7) is 3.52. The number of para-hydroxylation sites is 1. The van der Waals surface area contributed by atoms with Crippen molar-refractivity contribution in [2.24, 2.45) is 0 Å². The van der Waals surface area contributed by atoms with E-state index in [0.29, 0.717) is 0 Å². The van der Waals surface area contributed by atoms with E-state index < -0.39 is 0 Å². The first-order chi connectivity index (χ1) is 19.2. The van der Waals surface area contributed by atoms with Crippen molar-refractivity contribution in [3.8, 4) is 0 Å². The third-order valence-corrected chi connectivity index (χ3v) is 9.47. The van der Waals surface area contributed by atoms with Gasteiger partial charge in [0.25, 0.3) is 0 Å². The summed E-state index contributed by atoms with van der Waals surface area (Å²) in [6, 6.07) is 16.9. The molecule has 0 spiro atoms. The molecule has 5 nitrogen and oxygen atoms in total. The molecule has 0 amide bonds. The van der Waals surface area contributed by atoms with Crippen LogP contribution in [0.4, 0.5) is 11.4 Å². The van der Waals surface area contributed by atoms with Crippen LogP contribution in [0.3, 0.4) is 0 Å². The van der Waals surface area contributed by atoms with E-state index in [1.807, 2.05) is 29.6 Å². The summed E-state index contributed by atoms with van der Waals surface area (Å²) >= 11 is 3.66. The Labute approximate surface area is 239 Å². The Kier molecular flexibility index (Phi) is 8.42. The molecule has 1 aliphatic carbocycles. The highest BCUT2D eigenvalue weighted by molar-refractivity contribution is 8.03. The third-order valence-electron chi connectivity index (χ3n) is 7.36. The first-order valence-corrected chi connectivity index (χ1v) is 15.5. The number of hydrogen-bond acceptors (Lipinski definition) is 5. The molecule has 3 aliphatic heterocycles. The van der Waals surface area contributed by atoms with Crippen LogP contribution < -0.4 is 16.0 Å². The summed E-state index contributed by atoms with van der Waals surface area (Å²) in [6.07, 6.45) is 19.6. The molecule has 0 bridgehead atoms.